The number of nitrogens with zero attached hydrogens (tertiary/aromatic N) is 6. The Morgan fingerprint density at radius 3 is 1.17 bits per heavy atom. The molecule has 0 N–H and O–H groups in total. The molecule has 2 aliphatic rings. The van der Waals surface area contributed by atoms with Crippen LogP contribution in [0.25, 0.3) is 11.4 Å². The van der Waals surface area contributed by atoms with Crippen molar-refractivity contribution in [3.05, 3.63) is 129 Å². The Balaban J connectivity index is 0.000000221. The molecule has 4 heterocycles. The Morgan fingerprint density at radius 1 is 0.500 bits per heavy atom. The molecule has 4 atom stereocenters. The summed E-state index contributed by atoms with van der Waals surface area (Å²) in [5.41, 5.74) is -3.16. The largest absolute Gasteiger partial charge is 0.493 e. The van der Waals surface area contributed by atoms with Crippen molar-refractivity contribution in [2.45, 2.75) is 75.8 Å². The molecule has 408 valence electrons. The number of para-hydroxylation sites is 2. The molecule has 0 bridgehead atoms. The van der Waals surface area contributed by atoms with Crippen LogP contribution in [0.5, 0.6) is 23.0 Å². The lowest BCUT2D eigenvalue weighted by atomic mass is 9.96. The maximum absolute atomic E-state index is 14.0. The maximum Gasteiger partial charge on any atom is 0.452 e. The molecule has 2 aromatic heterocycles. The number of esters is 2. The van der Waals surface area contributed by atoms with Crippen molar-refractivity contribution >= 4 is 11.9 Å². The first-order valence-corrected chi connectivity index (χ1v) is 22.3. The van der Waals surface area contributed by atoms with E-state index in [1.165, 1.54) is 78.7 Å². The highest BCUT2D eigenvalue weighted by molar-refractivity contribution is 5.71. The summed E-state index contributed by atoms with van der Waals surface area (Å²) >= 11 is 0. The number of fused-ring (bicyclic) bond motifs is 6. The number of ether oxygens (including phenoxy) is 8. The summed E-state index contributed by atoms with van der Waals surface area (Å²) in [6.45, 7) is 3.03. The van der Waals surface area contributed by atoms with Crippen LogP contribution in [0.4, 0.5) is 52.7 Å². The van der Waals surface area contributed by atoms with Gasteiger partial charge in [-0.1, -0.05) is 24.3 Å². The Bertz CT molecular complexity index is 2880. The second kappa shape index (κ2) is 21.9. The van der Waals surface area contributed by atoms with Gasteiger partial charge in [-0.2, -0.15) is 52.7 Å². The van der Waals surface area contributed by atoms with E-state index in [1.807, 2.05) is 0 Å². The molecule has 2 aliphatic heterocycles. The van der Waals surface area contributed by atoms with Crippen LogP contribution in [0, 0.1) is 0 Å². The topological polar surface area (TPSA) is 169 Å². The van der Waals surface area contributed by atoms with Gasteiger partial charge in [0.1, 0.15) is 24.4 Å². The van der Waals surface area contributed by atoms with E-state index < -0.39 is 108 Å². The molecule has 76 heavy (non-hydrogen) atoms. The molecule has 0 unspecified atom stereocenters. The molecule has 6 aromatic rings. The minimum atomic E-state index is -5.03. The number of methoxy groups -OCH3 is 4. The van der Waals surface area contributed by atoms with Crippen molar-refractivity contribution in [2.75, 3.05) is 41.7 Å². The van der Waals surface area contributed by atoms with Gasteiger partial charge < -0.3 is 37.9 Å². The third kappa shape index (κ3) is 11.3. The van der Waals surface area contributed by atoms with Crippen LogP contribution in [0.3, 0.4) is 0 Å². The minimum Gasteiger partial charge on any atom is -0.493 e. The zero-order chi connectivity index (χ0) is 55.7. The number of hydrogen-bond donors (Lipinski definition) is 0. The van der Waals surface area contributed by atoms with Crippen molar-refractivity contribution in [1.82, 2.24) is 29.5 Å². The van der Waals surface area contributed by atoms with Gasteiger partial charge in [0.15, 0.2) is 34.6 Å². The summed E-state index contributed by atoms with van der Waals surface area (Å²) in [7, 11) is 5.26. The summed E-state index contributed by atoms with van der Waals surface area (Å²) in [4.78, 5) is 24.8. The van der Waals surface area contributed by atoms with Crippen molar-refractivity contribution in [2.24, 2.45) is 0 Å². The molecule has 8 rings (SSSR count). The average molecular weight is 1090 g/mol. The summed E-state index contributed by atoms with van der Waals surface area (Å²) < 4.78 is 211. The van der Waals surface area contributed by atoms with Gasteiger partial charge in [-0.3, -0.25) is 18.7 Å². The van der Waals surface area contributed by atoms with Crippen LogP contribution in [-0.2, 0) is 53.2 Å². The first kappa shape index (κ1) is 56.1. The fourth-order valence-corrected chi connectivity index (χ4v) is 8.48. The molecule has 0 radical (unpaired) electrons. The van der Waals surface area contributed by atoms with Gasteiger partial charge in [0.2, 0.25) is 11.6 Å². The lowest BCUT2D eigenvalue weighted by molar-refractivity contribution is -0.149. The molecule has 28 heteroatoms. The van der Waals surface area contributed by atoms with E-state index in [0.29, 0.717) is 33.4 Å². The number of halogens is 12. The zero-order valence-electron chi connectivity index (χ0n) is 40.4. The van der Waals surface area contributed by atoms with Gasteiger partial charge >= 0.3 is 36.6 Å². The quantitative estimate of drug-likeness (QED) is 0.0838. The van der Waals surface area contributed by atoms with Crippen LogP contribution in [-0.4, -0.2) is 83.1 Å². The molecule has 0 spiro atoms. The smallest absolute Gasteiger partial charge is 0.452 e. The van der Waals surface area contributed by atoms with E-state index in [2.05, 4.69) is 20.4 Å². The number of rotatable bonds is 12. The standard InChI is InChI=1S/2C24H21F6N3O5/c2*1-4-37-18(34)11-17-21-31-32-22(24(28,29)30)33(21)15-9-8-12(23(25,26)27)10-14(15)19(38-17)13-6-5-7-16(35-2)20(13)36-3/h2*5-10,17,19H,4,11H2,1-3H3/t2*17-,19-/m10/s1. The van der Waals surface area contributed by atoms with Gasteiger partial charge in [0.05, 0.1) is 77.0 Å². The number of aromatic nitrogens is 6. The Hall–Kier alpha value is -7.62. The van der Waals surface area contributed by atoms with Crippen molar-refractivity contribution in [1.29, 1.82) is 0 Å². The molecule has 4 aromatic carbocycles. The predicted octanol–water partition coefficient (Wildman–Crippen LogP) is 10.9. The third-order valence-electron chi connectivity index (χ3n) is 11.6. The van der Waals surface area contributed by atoms with Gasteiger partial charge in [-0.15, -0.1) is 20.4 Å². The number of carbonyl (C=O) groups excluding carboxylic acids is 2. The van der Waals surface area contributed by atoms with Crippen LogP contribution in [0.15, 0.2) is 72.8 Å². The fourth-order valence-electron chi connectivity index (χ4n) is 8.48. The first-order valence-electron chi connectivity index (χ1n) is 22.3. The van der Waals surface area contributed by atoms with Crippen LogP contribution in [0.2, 0.25) is 0 Å². The number of benzene rings is 4. The number of carbonyl (C=O) groups is 2. The SMILES string of the molecule is CCOC(=O)C[C@@H]1O[C@@H](c2cccc(OC)c2OC)c2cc(C(F)(F)F)ccc2-n2c1nnc2C(F)(F)F.CCOC(=O)C[C@H]1O[C@H](c2cccc(OC)c2OC)c2cc(C(F)(F)F)ccc2-n2c1nnc2C(F)(F)F. The summed E-state index contributed by atoms with van der Waals surface area (Å²) in [6.07, 6.45) is -26.8. The fraction of sp³-hybridized carbons (Fsp3) is 0.375. The second-order valence-corrected chi connectivity index (χ2v) is 16.2. The van der Waals surface area contributed by atoms with E-state index in [-0.39, 0.29) is 69.8 Å². The monoisotopic (exact) mass is 1090 g/mol. The molecule has 16 nitrogen and oxygen atoms in total. The van der Waals surface area contributed by atoms with Crippen molar-refractivity contribution < 1.29 is 100 Å². The van der Waals surface area contributed by atoms with Gasteiger partial charge in [-0.05, 0) is 62.4 Å². The average Bonchev–Trinajstić information content (AvgIpc) is 3.99. The molecule has 0 amide bonds. The van der Waals surface area contributed by atoms with E-state index in [1.54, 1.807) is 0 Å². The summed E-state index contributed by atoms with van der Waals surface area (Å²) in [5.74, 6) is -4.95. The zero-order valence-corrected chi connectivity index (χ0v) is 40.4. The molecule has 0 fully saturated rings. The van der Waals surface area contributed by atoms with Crippen LogP contribution >= 0.6 is 0 Å². The summed E-state index contributed by atoms with van der Waals surface area (Å²) in [6, 6.07) is 13.5. The van der Waals surface area contributed by atoms with Gasteiger partial charge in [0.25, 0.3) is 0 Å². The third-order valence-corrected chi connectivity index (χ3v) is 11.6. The van der Waals surface area contributed by atoms with Gasteiger partial charge in [-0.25, -0.2) is 0 Å². The molecular formula is C48H42F12N6O10. The number of hydrogen-bond acceptors (Lipinski definition) is 14. The lowest BCUT2D eigenvalue weighted by Gasteiger charge is -2.25. The predicted molar refractivity (Wildman–Crippen MR) is 236 cm³/mol. The molecular weight excluding hydrogens is 1050 g/mol. The highest BCUT2D eigenvalue weighted by Crippen LogP contribution is 2.50. The number of alkyl halides is 12. The van der Waals surface area contributed by atoms with Gasteiger partial charge in [0, 0.05) is 22.3 Å². The van der Waals surface area contributed by atoms with Crippen LogP contribution < -0.4 is 18.9 Å². The van der Waals surface area contributed by atoms with Crippen molar-refractivity contribution in [3.8, 4) is 34.4 Å². The van der Waals surface area contributed by atoms with E-state index in [9.17, 15) is 62.3 Å². The lowest BCUT2D eigenvalue weighted by Crippen LogP contribution is -2.18. The van der Waals surface area contributed by atoms with E-state index in [0.717, 1.165) is 12.1 Å². The maximum atomic E-state index is 14.0. The molecule has 0 saturated carbocycles. The highest BCUT2D eigenvalue weighted by Gasteiger charge is 2.47. The van der Waals surface area contributed by atoms with E-state index in [4.69, 9.17) is 37.9 Å². The highest BCUT2D eigenvalue weighted by atomic mass is 19.4. The van der Waals surface area contributed by atoms with Crippen LogP contribution in [0.1, 0.15) is 108 Å². The summed E-state index contributed by atoms with van der Waals surface area (Å²) in [5, 5.41) is 13.7. The van der Waals surface area contributed by atoms with E-state index >= 15 is 0 Å². The first-order chi connectivity index (χ1) is 35.8. The second-order valence-electron chi connectivity index (χ2n) is 16.2. The normalized spacial score (nSPS) is 17.3. The Labute approximate surface area is 422 Å². The molecule has 0 saturated heterocycles. The Kier molecular flexibility index (Phi) is 16.2. The van der Waals surface area contributed by atoms with Crippen molar-refractivity contribution in [3.63, 3.8) is 0 Å². The minimum absolute atomic E-state index is 0.0195. The Morgan fingerprint density at radius 2 is 0.868 bits per heavy atom. The molecule has 0 aliphatic carbocycles.